The number of hydrogen-bond donors (Lipinski definition) is 2. The van der Waals surface area contributed by atoms with Gasteiger partial charge in [-0.1, -0.05) is 13.8 Å². The average Bonchev–Trinajstić information content (AvgIpc) is 2.39. The number of thioether (sulfide) groups is 1. The molecule has 0 amide bonds. The van der Waals surface area contributed by atoms with E-state index >= 15 is 0 Å². The summed E-state index contributed by atoms with van der Waals surface area (Å²) in [4.78, 5) is 2.52. The number of likely N-dealkylation sites (tertiary alicyclic amines) is 1. The molecule has 0 spiro atoms. The zero-order valence-electron chi connectivity index (χ0n) is 12.8. The lowest BCUT2D eigenvalue weighted by atomic mass is 10.0. The second kappa shape index (κ2) is 10.9. The Bertz CT molecular complexity index is 209. The van der Waals surface area contributed by atoms with Gasteiger partial charge in [-0.3, -0.25) is 0 Å². The Hall–Kier alpha value is 0.190. The van der Waals surface area contributed by atoms with Crippen molar-refractivity contribution in [2.24, 2.45) is 0 Å². The maximum atomic E-state index is 5.65. The number of ether oxygens (including phenoxy) is 1. The van der Waals surface area contributed by atoms with E-state index in [1.165, 1.54) is 25.9 Å². The van der Waals surface area contributed by atoms with Gasteiger partial charge in [-0.05, 0) is 32.2 Å². The highest BCUT2D eigenvalue weighted by molar-refractivity contribution is 7.98. The van der Waals surface area contributed by atoms with Crippen LogP contribution >= 0.6 is 11.8 Å². The van der Waals surface area contributed by atoms with Gasteiger partial charge in [-0.2, -0.15) is 0 Å². The van der Waals surface area contributed by atoms with Crippen molar-refractivity contribution < 1.29 is 4.74 Å². The van der Waals surface area contributed by atoms with E-state index < -0.39 is 0 Å². The van der Waals surface area contributed by atoms with Gasteiger partial charge >= 0.3 is 0 Å². The van der Waals surface area contributed by atoms with Crippen LogP contribution in [-0.2, 0) is 4.74 Å². The summed E-state index contributed by atoms with van der Waals surface area (Å²) in [5.41, 5.74) is 0. The lowest BCUT2D eigenvalue weighted by molar-refractivity contribution is 0.0931. The van der Waals surface area contributed by atoms with Crippen molar-refractivity contribution in [3.05, 3.63) is 0 Å². The van der Waals surface area contributed by atoms with Gasteiger partial charge in [0.1, 0.15) is 0 Å². The predicted molar refractivity (Wildman–Crippen MR) is 84.9 cm³/mol. The molecular formula is C14H31N3OS. The Balaban J connectivity index is 1.92. The summed E-state index contributed by atoms with van der Waals surface area (Å²) in [6, 6.07) is 1.32. The summed E-state index contributed by atoms with van der Waals surface area (Å²) in [5, 5.41) is 6.94. The van der Waals surface area contributed by atoms with Crippen LogP contribution in [0.25, 0.3) is 0 Å². The SMILES string of the molecule is CSCNCCOCCN1CCC(NC(C)C)CC1. The molecule has 1 rings (SSSR count). The third-order valence-corrected chi connectivity index (χ3v) is 3.87. The van der Waals surface area contributed by atoms with Crippen LogP contribution in [0.1, 0.15) is 26.7 Å². The van der Waals surface area contributed by atoms with Crippen molar-refractivity contribution >= 4 is 11.8 Å². The van der Waals surface area contributed by atoms with Crippen LogP contribution in [-0.4, -0.2) is 68.5 Å². The van der Waals surface area contributed by atoms with Crippen molar-refractivity contribution in [2.75, 3.05) is 51.5 Å². The normalized spacial score (nSPS) is 18.3. The van der Waals surface area contributed by atoms with Gasteiger partial charge in [0.2, 0.25) is 0 Å². The van der Waals surface area contributed by atoms with Crippen molar-refractivity contribution in [3.63, 3.8) is 0 Å². The minimum atomic E-state index is 0.605. The molecule has 0 aromatic carbocycles. The van der Waals surface area contributed by atoms with Crippen LogP contribution in [0.5, 0.6) is 0 Å². The molecular weight excluding hydrogens is 258 g/mol. The number of hydrogen-bond acceptors (Lipinski definition) is 5. The van der Waals surface area contributed by atoms with Gasteiger partial charge in [0.15, 0.2) is 0 Å². The molecule has 114 valence electrons. The number of nitrogens with zero attached hydrogens (tertiary/aromatic N) is 1. The lowest BCUT2D eigenvalue weighted by Crippen LogP contribution is -2.45. The highest BCUT2D eigenvalue weighted by Crippen LogP contribution is 2.10. The van der Waals surface area contributed by atoms with Crippen LogP contribution in [0.15, 0.2) is 0 Å². The highest BCUT2D eigenvalue weighted by Gasteiger charge is 2.18. The highest BCUT2D eigenvalue weighted by atomic mass is 32.2. The van der Waals surface area contributed by atoms with Crippen molar-refractivity contribution in [1.29, 1.82) is 0 Å². The maximum absolute atomic E-state index is 5.65. The molecule has 5 heteroatoms. The Morgan fingerprint density at radius 1 is 1.26 bits per heavy atom. The van der Waals surface area contributed by atoms with Crippen LogP contribution in [0.3, 0.4) is 0 Å². The third-order valence-electron chi connectivity index (χ3n) is 3.38. The van der Waals surface area contributed by atoms with Gasteiger partial charge in [-0.25, -0.2) is 0 Å². The van der Waals surface area contributed by atoms with E-state index in [0.29, 0.717) is 12.1 Å². The summed E-state index contributed by atoms with van der Waals surface area (Å²) < 4.78 is 5.65. The summed E-state index contributed by atoms with van der Waals surface area (Å²) >= 11 is 1.81. The van der Waals surface area contributed by atoms with E-state index in [4.69, 9.17) is 4.74 Å². The van der Waals surface area contributed by atoms with E-state index in [2.05, 4.69) is 35.6 Å². The fraction of sp³-hybridized carbons (Fsp3) is 1.00. The Morgan fingerprint density at radius 3 is 2.63 bits per heavy atom. The topological polar surface area (TPSA) is 36.5 Å². The van der Waals surface area contributed by atoms with Crippen LogP contribution in [0.2, 0.25) is 0 Å². The quantitative estimate of drug-likeness (QED) is 0.469. The van der Waals surface area contributed by atoms with Gasteiger partial charge < -0.3 is 20.3 Å². The van der Waals surface area contributed by atoms with Crippen molar-refractivity contribution in [3.8, 4) is 0 Å². The third kappa shape index (κ3) is 8.87. The number of piperidine rings is 1. The Labute approximate surface area is 123 Å². The molecule has 0 atom stereocenters. The molecule has 0 saturated carbocycles. The molecule has 19 heavy (non-hydrogen) atoms. The average molecular weight is 289 g/mol. The maximum Gasteiger partial charge on any atom is 0.0594 e. The Kier molecular flexibility index (Phi) is 9.91. The molecule has 0 aliphatic carbocycles. The molecule has 2 N–H and O–H groups in total. The summed E-state index contributed by atoms with van der Waals surface area (Å²) in [5.74, 6) is 1.01. The Morgan fingerprint density at radius 2 is 2.00 bits per heavy atom. The fourth-order valence-corrected chi connectivity index (χ4v) is 2.76. The van der Waals surface area contributed by atoms with Crippen LogP contribution in [0, 0.1) is 0 Å². The van der Waals surface area contributed by atoms with Gasteiger partial charge in [0, 0.05) is 31.0 Å². The number of rotatable bonds is 10. The molecule has 0 unspecified atom stereocenters. The predicted octanol–water partition coefficient (Wildman–Crippen LogP) is 1.38. The molecule has 4 nitrogen and oxygen atoms in total. The number of nitrogens with one attached hydrogen (secondary N) is 2. The first-order valence-corrected chi connectivity index (χ1v) is 8.87. The van der Waals surface area contributed by atoms with E-state index in [1.54, 1.807) is 0 Å². The fourth-order valence-electron chi connectivity index (χ4n) is 2.41. The molecule has 1 fully saturated rings. The first kappa shape index (κ1) is 17.2. The zero-order chi connectivity index (χ0) is 13.9. The standard InChI is InChI=1S/C14H31N3OS/c1-13(2)16-14-4-7-17(8-5-14)9-11-18-10-6-15-12-19-3/h13-16H,4-12H2,1-3H3. The molecule has 0 aromatic heterocycles. The second-order valence-corrected chi connectivity index (χ2v) is 6.35. The molecule has 0 aromatic rings. The van der Waals surface area contributed by atoms with E-state index in [-0.39, 0.29) is 0 Å². The van der Waals surface area contributed by atoms with E-state index in [9.17, 15) is 0 Å². The molecule has 0 radical (unpaired) electrons. The summed E-state index contributed by atoms with van der Waals surface area (Å²) in [6.07, 6.45) is 4.65. The lowest BCUT2D eigenvalue weighted by Gasteiger charge is -2.33. The molecule has 1 aliphatic heterocycles. The van der Waals surface area contributed by atoms with Gasteiger partial charge in [0.25, 0.3) is 0 Å². The van der Waals surface area contributed by atoms with Crippen LogP contribution < -0.4 is 10.6 Å². The largest absolute Gasteiger partial charge is 0.379 e. The summed E-state index contributed by atoms with van der Waals surface area (Å²) in [7, 11) is 0. The van der Waals surface area contributed by atoms with Crippen molar-refractivity contribution in [2.45, 2.75) is 38.8 Å². The minimum Gasteiger partial charge on any atom is -0.379 e. The van der Waals surface area contributed by atoms with E-state index in [0.717, 1.165) is 32.2 Å². The molecule has 1 heterocycles. The zero-order valence-corrected chi connectivity index (χ0v) is 13.6. The summed E-state index contributed by atoms with van der Waals surface area (Å²) in [6.45, 7) is 10.6. The first-order valence-electron chi connectivity index (χ1n) is 7.48. The molecule has 1 saturated heterocycles. The second-order valence-electron chi connectivity index (χ2n) is 5.48. The van der Waals surface area contributed by atoms with Crippen molar-refractivity contribution in [1.82, 2.24) is 15.5 Å². The smallest absolute Gasteiger partial charge is 0.0594 e. The van der Waals surface area contributed by atoms with Gasteiger partial charge in [0.05, 0.1) is 13.2 Å². The monoisotopic (exact) mass is 289 g/mol. The van der Waals surface area contributed by atoms with Gasteiger partial charge in [-0.15, -0.1) is 11.8 Å². The molecule has 1 aliphatic rings. The van der Waals surface area contributed by atoms with E-state index in [1.807, 2.05) is 11.8 Å². The van der Waals surface area contributed by atoms with Crippen LogP contribution in [0.4, 0.5) is 0 Å². The molecule has 0 bridgehead atoms. The minimum absolute atomic E-state index is 0.605. The first-order chi connectivity index (χ1) is 9.22.